The van der Waals surface area contributed by atoms with Crippen LogP contribution in [0.2, 0.25) is 0 Å². The van der Waals surface area contributed by atoms with Crippen LogP contribution in [-0.4, -0.2) is 27.7 Å². The predicted octanol–water partition coefficient (Wildman–Crippen LogP) is 1.08. The van der Waals surface area contributed by atoms with E-state index < -0.39 is 0 Å². The molecule has 18 heavy (non-hydrogen) atoms. The SMILES string of the molecule is c1ccc(OCC2CNCc3cncn3C2)nc1. The van der Waals surface area contributed by atoms with Crippen LogP contribution in [0.25, 0.3) is 0 Å². The van der Waals surface area contributed by atoms with Crippen molar-refractivity contribution in [3.05, 3.63) is 42.6 Å². The molecule has 0 radical (unpaired) electrons. The van der Waals surface area contributed by atoms with Gasteiger partial charge in [-0.15, -0.1) is 0 Å². The van der Waals surface area contributed by atoms with E-state index in [1.807, 2.05) is 30.7 Å². The molecule has 0 saturated carbocycles. The van der Waals surface area contributed by atoms with Gasteiger partial charge in [-0.1, -0.05) is 6.07 Å². The average molecular weight is 244 g/mol. The molecule has 0 fully saturated rings. The molecule has 5 heteroatoms. The Kier molecular flexibility index (Phi) is 3.23. The molecular formula is C13H16N4O. The molecule has 3 heterocycles. The van der Waals surface area contributed by atoms with Crippen LogP contribution in [0.4, 0.5) is 0 Å². The van der Waals surface area contributed by atoms with Gasteiger partial charge in [0.15, 0.2) is 0 Å². The lowest BCUT2D eigenvalue weighted by atomic mass is 10.1. The van der Waals surface area contributed by atoms with E-state index in [0.717, 1.165) is 19.6 Å². The van der Waals surface area contributed by atoms with Crippen LogP contribution in [0.3, 0.4) is 0 Å². The third kappa shape index (κ3) is 2.51. The van der Waals surface area contributed by atoms with Crippen molar-refractivity contribution in [3.8, 4) is 5.88 Å². The highest BCUT2D eigenvalue weighted by atomic mass is 16.5. The molecule has 1 N–H and O–H groups in total. The summed E-state index contributed by atoms with van der Waals surface area (Å²) in [5.41, 5.74) is 1.23. The van der Waals surface area contributed by atoms with E-state index in [1.54, 1.807) is 6.20 Å². The zero-order valence-electron chi connectivity index (χ0n) is 10.1. The normalized spacial score (nSPS) is 19.0. The maximum Gasteiger partial charge on any atom is 0.213 e. The number of fused-ring (bicyclic) bond motifs is 1. The van der Waals surface area contributed by atoms with Crippen LogP contribution in [-0.2, 0) is 13.1 Å². The summed E-state index contributed by atoms with van der Waals surface area (Å²) in [4.78, 5) is 8.33. The molecule has 0 spiro atoms. The zero-order valence-corrected chi connectivity index (χ0v) is 10.1. The number of nitrogens with zero attached hydrogens (tertiary/aromatic N) is 3. The third-order valence-corrected chi connectivity index (χ3v) is 3.10. The van der Waals surface area contributed by atoms with Crippen molar-refractivity contribution in [2.24, 2.45) is 5.92 Å². The van der Waals surface area contributed by atoms with Crippen molar-refractivity contribution in [3.63, 3.8) is 0 Å². The Bertz CT molecular complexity index is 497. The molecule has 0 aliphatic carbocycles. The summed E-state index contributed by atoms with van der Waals surface area (Å²) in [6.45, 7) is 3.44. The van der Waals surface area contributed by atoms with E-state index in [1.165, 1.54) is 5.69 Å². The van der Waals surface area contributed by atoms with Gasteiger partial charge in [0.05, 0.1) is 18.6 Å². The molecule has 0 amide bonds. The van der Waals surface area contributed by atoms with E-state index in [4.69, 9.17) is 4.74 Å². The molecule has 3 rings (SSSR count). The Morgan fingerprint density at radius 1 is 1.44 bits per heavy atom. The fourth-order valence-electron chi connectivity index (χ4n) is 2.15. The van der Waals surface area contributed by atoms with Crippen molar-refractivity contribution in [2.75, 3.05) is 13.2 Å². The Hall–Kier alpha value is -1.88. The molecule has 2 aromatic rings. The Morgan fingerprint density at radius 3 is 3.33 bits per heavy atom. The van der Waals surface area contributed by atoms with Crippen LogP contribution in [0.5, 0.6) is 5.88 Å². The summed E-state index contributed by atoms with van der Waals surface area (Å²) < 4.78 is 7.89. The van der Waals surface area contributed by atoms with Gasteiger partial charge in [-0.05, 0) is 6.07 Å². The molecule has 1 unspecified atom stereocenters. The number of hydrogen-bond acceptors (Lipinski definition) is 4. The standard InChI is InChI=1S/C13H16N4O/c1-2-4-16-13(3-1)18-9-11-5-14-6-12-7-15-10-17(12)8-11/h1-4,7,10-11,14H,5-6,8-9H2. The molecule has 5 nitrogen and oxygen atoms in total. The minimum Gasteiger partial charge on any atom is -0.477 e. The first-order chi connectivity index (χ1) is 8.92. The Morgan fingerprint density at radius 2 is 2.44 bits per heavy atom. The fourth-order valence-corrected chi connectivity index (χ4v) is 2.15. The molecule has 1 aliphatic rings. The van der Waals surface area contributed by atoms with Crippen molar-refractivity contribution in [1.82, 2.24) is 19.9 Å². The number of pyridine rings is 1. The first-order valence-corrected chi connectivity index (χ1v) is 6.15. The highest BCUT2D eigenvalue weighted by Crippen LogP contribution is 2.12. The number of ether oxygens (including phenoxy) is 1. The number of nitrogens with one attached hydrogen (secondary N) is 1. The lowest BCUT2D eigenvalue weighted by Crippen LogP contribution is -2.26. The molecule has 2 aromatic heterocycles. The number of hydrogen-bond donors (Lipinski definition) is 1. The summed E-state index contributed by atoms with van der Waals surface area (Å²) in [6.07, 6.45) is 5.54. The van der Waals surface area contributed by atoms with Gasteiger partial charge in [0, 0.05) is 44.0 Å². The van der Waals surface area contributed by atoms with E-state index in [-0.39, 0.29) is 0 Å². The summed E-state index contributed by atoms with van der Waals surface area (Å²) in [6, 6.07) is 5.70. The topological polar surface area (TPSA) is 52.0 Å². The van der Waals surface area contributed by atoms with E-state index in [2.05, 4.69) is 19.9 Å². The second-order valence-electron chi connectivity index (χ2n) is 4.51. The highest BCUT2D eigenvalue weighted by Gasteiger charge is 2.16. The van der Waals surface area contributed by atoms with Crippen LogP contribution < -0.4 is 10.1 Å². The van der Waals surface area contributed by atoms with E-state index >= 15 is 0 Å². The predicted molar refractivity (Wildman–Crippen MR) is 67.2 cm³/mol. The Balaban J connectivity index is 1.61. The van der Waals surface area contributed by atoms with Crippen molar-refractivity contribution in [1.29, 1.82) is 0 Å². The van der Waals surface area contributed by atoms with Gasteiger partial charge in [-0.3, -0.25) is 0 Å². The largest absolute Gasteiger partial charge is 0.477 e. The third-order valence-electron chi connectivity index (χ3n) is 3.10. The van der Waals surface area contributed by atoms with Crippen molar-refractivity contribution in [2.45, 2.75) is 13.1 Å². The van der Waals surface area contributed by atoms with Crippen molar-refractivity contribution < 1.29 is 4.74 Å². The second kappa shape index (κ2) is 5.18. The lowest BCUT2D eigenvalue weighted by molar-refractivity contribution is 0.225. The molecule has 1 atom stereocenters. The van der Waals surface area contributed by atoms with Gasteiger partial charge in [0.1, 0.15) is 0 Å². The minimum absolute atomic E-state index is 0.433. The molecule has 1 aliphatic heterocycles. The molecule has 0 saturated heterocycles. The van der Waals surface area contributed by atoms with Crippen LogP contribution in [0.15, 0.2) is 36.9 Å². The summed E-state index contributed by atoms with van der Waals surface area (Å²) >= 11 is 0. The second-order valence-corrected chi connectivity index (χ2v) is 4.51. The van der Waals surface area contributed by atoms with Gasteiger partial charge in [-0.2, -0.15) is 0 Å². The van der Waals surface area contributed by atoms with Gasteiger partial charge < -0.3 is 14.6 Å². The minimum atomic E-state index is 0.433. The smallest absolute Gasteiger partial charge is 0.213 e. The van der Waals surface area contributed by atoms with E-state index in [0.29, 0.717) is 18.4 Å². The van der Waals surface area contributed by atoms with Crippen LogP contribution in [0.1, 0.15) is 5.69 Å². The summed E-state index contributed by atoms with van der Waals surface area (Å²) in [5.74, 6) is 1.12. The quantitative estimate of drug-likeness (QED) is 0.877. The van der Waals surface area contributed by atoms with Crippen molar-refractivity contribution >= 4 is 0 Å². The van der Waals surface area contributed by atoms with Gasteiger partial charge in [0.25, 0.3) is 0 Å². The van der Waals surface area contributed by atoms with Gasteiger partial charge >= 0.3 is 0 Å². The number of rotatable bonds is 3. The molecule has 94 valence electrons. The fraction of sp³-hybridized carbons (Fsp3) is 0.385. The van der Waals surface area contributed by atoms with E-state index in [9.17, 15) is 0 Å². The number of aromatic nitrogens is 3. The monoisotopic (exact) mass is 244 g/mol. The zero-order chi connectivity index (χ0) is 12.2. The van der Waals surface area contributed by atoms with Gasteiger partial charge in [-0.25, -0.2) is 9.97 Å². The van der Waals surface area contributed by atoms with Crippen LogP contribution >= 0.6 is 0 Å². The first kappa shape index (κ1) is 11.2. The maximum absolute atomic E-state index is 5.71. The van der Waals surface area contributed by atoms with Gasteiger partial charge in [0.2, 0.25) is 5.88 Å². The Labute approximate surface area is 106 Å². The molecular weight excluding hydrogens is 228 g/mol. The molecule has 0 aromatic carbocycles. The maximum atomic E-state index is 5.71. The summed E-state index contributed by atoms with van der Waals surface area (Å²) in [5, 5.41) is 3.41. The highest BCUT2D eigenvalue weighted by molar-refractivity contribution is 5.09. The average Bonchev–Trinajstić information content (AvgIpc) is 2.76. The lowest BCUT2D eigenvalue weighted by Gasteiger charge is -2.15. The molecule has 0 bridgehead atoms. The summed E-state index contributed by atoms with van der Waals surface area (Å²) in [7, 11) is 0. The number of imidazole rings is 1. The first-order valence-electron chi connectivity index (χ1n) is 6.15. The van der Waals surface area contributed by atoms with Crippen LogP contribution in [0, 0.1) is 5.92 Å².